The van der Waals surface area contributed by atoms with Crippen LogP contribution < -0.4 is 5.32 Å². The van der Waals surface area contributed by atoms with Gasteiger partial charge >= 0.3 is 0 Å². The zero-order chi connectivity index (χ0) is 12.6. The molecule has 0 unspecified atom stereocenters. The van der Waals surface area contributed by atoms with E-state index >= 15 is 0 Å². The van der Waals surface area contributed by atoms with Crippen LogP contribution >= 0.6 is 15.9 Å². The van der Waals surface area contributed by atoms with E-state index < -0.39 is 0 Å². The van der Waals surface area contributed by atoms with Gasteiger partial charge in [0.05, 0.1) is 5.52 Å². The van der Waals surface area contributed by atoms with Gasteiger partial charge in [-0.15, -0.1) is 0 Å². The van der Waals surface area contributed by atoms with Crippen LogP contribution in [0.5, 0.6) is 0 Å². The van der Waals surface area contributed by atoms with E-state index in [9.17, 15) is 4.39 Å². The summed E-state index contributed by atoms with van der Waals surface area (Å²) in [7, 11) is 1.84. The number of hydrogen-bond donors (Lipinski definition) is 1. The van der Waals surface area contributed by atoms with E-state index in [4.69, 9.17) is 0 Å². The first kappa shape index (κ1) is 12.3. The molecule has 90 valence electrons. The third-order valence-corrected chi connectivity index (χ3v) is 3.33. The maximum absolute atomic E-state index is 13.3. The average Bonchev–Trinajstić information content (AvgIpc) is 2.27. The lowest BCUT2D eigenvalue weighted by Crippen LogP contribution is -2.01. The molecule has 0 bridgehead atoms. The van der Waals surface area contributed by atoms with Gasteiger partial charge in [-0.1, -0.05) is 13.8 Å². The zero-order valence-corrected chi connectivity index (χ0v) is 11.6. The average molecular weight is 297 g/mol. The van der Waals surface area contributed by atoms with E-state index in [0.717, 1.165) is 22.3 Å². The minimum Gasteiger partial charge on any atom is -0.373 e. The topological polar surface area (TPSA) is 24.9 Å². The van der Waals surface area contributed by atoms with Crippen LogP contribution in [0, 0.1) is 5.82 Å². The van der Waals surface area contributed by atoms with Crippen LogP contribution in [-0.4, -0.2) is 12.0 Å². The molecule has 2 nitrogen and oxygen atoms in total. The predicted octanol–water partition coefficient (Wildman–Crippen LogP) is 4.30. The summed E-state index contributed by atoms with van der Waals surface area (Å²) in [5.41, 5.74) is 1.87. The van der Waals surface area contributed by atoms with Crippen molar-refractivity contribution >= 4 is 32.7 Å². The molecule has 0 aliphatic heterocycles. The number of hydrogen-bond acceptors (Lipinski definition) is 2. The van der Waals surface area contributed by atoms with E-state index in [1.165, 1.54) is 12.1 Å². The smallest absolute Gasteiger partial charge is 0.129 e. The number of benzene rings is 1. The Labute approximate surface area is 108 Å². The molecule has 0 radical (unpaired) electrons. The Morgan fingerprint density at radius 1 is 1.29 bits per heavy atom. The highest BCUT2D eigenvalue weighted by atomic mass is 79.9. The highest BCUT2D eigenvalue weighted by Gasteiger charge is 2.11. The number of fused-ring (bicyclic) bond motifs is 1. The monoisotopic (exact) mass is 296 g/mol. The number of anilines is 1. The van der Waals surface area contributed by atoms with Crippen molar-refractivity contribution in [3.05, 3.63) is 34.1 Å². The summed E-state index contributed by atoms with van der Waals surface area (Å²) in [5.74, 6) is 0.939. The number of nitrogens with zero attached hydrogens (tertiary/aromatic N) is 1. The molecule has 2 rings (SSSR count). The summed E-state index contributed by atoms with van der Waals surface area (Å²) in [6.45, 7) is 4.19. The molecule has 1 heterocycles. The highest BCUT2D eigenvalue weighted by Crippen LogP contribution is 2.30. The van der Waals surface area contributed by atoms with Crippen LogP contribution in [0.3, 0.4) is 0 Å². The lowest BCUT2D eigenvalue weighted by molar-refractivity contribution is 0.629. The number of pyridine rings is 1. The Bertz CT molecular complexity index is 567. The van der Waals surface area contributed by atoms with Crippen molar-refractivity contribution < 1.29 is 4.39 Å². The maximum atomic E-state index is 13.3. The van der Waals surface area contributed by atoms with Crippen molar-refractivity contribution in [1.29, 1.82) is 0 Å². The van der Waals surface area contributed by atoms with E-state index in [0.29, 0.717) is 10.4 Å². The molecule has 4 heteroatoms. The van der Waals surface area contributed by atoms with Gasteiger partial charge in [-0.3, -0.25) is 0 Å². The SMILES string of the molecule is CNc1nc2c(Br)cc(F)cc2cc1C(C)C. The molecule has 1 aromatic heterocycles. The van der Waals surface area contributed by atoms with Crippen molar-refractivity contribution in [3.63, 3.8) is 0 Å². The van der Waals surface area contributed by atoms with Gasteiger partial charge in [0.1, 0.15) is 11.6 Å². The summed E-state index contributed by atoms with van der Waals surface area (Å²) in [6, 6.07) is 4.94. The maximum Gasteiger partial charge on any atom is 0.129 e. The molecule has 0 aliphatic carbocycles. The fourth-order valence-corrected chi connectivity index (χ4v) is 2.40. The summed E-state index contributed by atoms with van der Waals surface area (Å²) < 4.78 is 14.0. The molecular formula is C13H14BrFN2. The Kier molecular flexibility index (Phi) is 3.33. The van der Waals surface area contributed by atoms with Crippen LogP contribution in [0.2, 0.25) is 0 Å². The van der Waals surface area contributed by atoms with E-state index in [-0.39, 0.29) is 5.82 Å². The van der Waals surface area contributed by atoms with Crippen LogP contribution in [0.15, 0.2) is 22.7 Å². The standard InChI is InChI=1S/C13H14BrFN2/c1-7(2)10-5-8-4-9(15)6-11(14)12(8)17-13(10)16-3/h4-7H,1-3H3,(H,16,17). The Morgan fingerprint density at radius 2 is 2.00 bits per heavy atom. The number of nitrogens with one attached hydrogen (secondary N) is 1. The summed E-state index contributed by atoms with van der Waals surface area (Å²) in [6.07, 6.45) is 0. The predicted molar refractivity (Wildman–Crippen MR) is 73.0 cm³/mol. The first-order chi connectivity index (χ1) is 8.02. The molecule has 1 N–H and O–H groups in total. The molecule has 0 saturated heterocycles. The van der Waals surface area contributed by atoms with Crippen LogP contribution in [0.25, 0.3) is 10.9 Å². The second-order valence-electron chi connectivity index (χ2n) is 4.29. The largest absolute Gasteiger partial charge is 0.373 e. The van der Waals surface area contributed by atoms with Gasteiger partial charge < -0.3 is 5.32 Å². The molecule has 0 aliphatic rings. The normalized spacial score (nSPS) is 11.2. The van der Waals surface area contributed by atoms with Gasteiger partial charge in [-0.25, -0.2) is 9.37 Å². The third kappa shape index (κ3) is 2.27. The van der Waals surface area contributed by atoms with E-state index in [2.05, 4.69) is 40.1 Å². The number of rotatable bonds is 2. The van der Waals surface area contributed by atoms with Crippen molar-refractivity contribution in [2.45, 2.75) is 19.8 Å². The first-order valence-corrected chi connectivity index (χ1v) is 6.29. The quantitative estimate of drug-likeness (QED) is 0.894. The fraction of sp³-hybridized carbons (Fsp3) is 0.308. The van der Waals surface area contributed by atoms with Crippen molar-refractivity contribution in [3.8, 4) is 0 Å². The van der Waals surface area contributed by atoms with Crippen molar-refractivity contribution in [1.82, 2.24) is 4.98 Å². The Hall–Kier alpha value is -1.16. The number of halogens is 2. The van der Waals surface area contributed by atoms with Gasteiger partial charge in [0.15, 0.2) is 0 Å². The third-order valence-electron chi connectivity index (χ3n) is 2.72. The van der Waals surface area contributed by atoms with Gasteiger partial charge in [0, 0.05) is 16.9 Å². The minimum atomic E-state index is -0.252. The van der Waals surface area contributed by atoms with Crippen LogP contribution in [0.4, 0.5) is 10.2 Å². The lowest BCUT2D eigenvalue weighted by Gasteiger charge is -2.13. The first-order valence-electron chi connectivity index (χ1n) is 5.50. The molecule has 0 spiro atoms. The summed E-state index contributed by atoms with van der Waals surface area (Å²) in [5, 5.41) is 3.90. The highest BCUT2D eigenvalue weighted by molar-refractivity contribution is 9.10. The van der Waals surface area contributed by atoms with Gasteiger partial charge in [0.2, 0.25) is 0 Å². The van der Waals surface area contributed by atoms with Gasteiger partial charge in [-0.2, -0.15) is 0 Å². The second kappa shape index (κ2) is 4.61. The zero-order valence-electron chi connectivity index (χ0n) is 10.0. The second-order valence-corrected chi connectivity index (χ2v) is 5.14. The molecule has 0 atom stereocenters. The molecule has 1 aromatic carbocycles. The number of aromatic nitrogens is 1. The fourth-order valence-electron chi connectivity index (χ4n) is 1.87. The van der Waals surface area contributed by atoms with Crippen LogP contribution in [-0.2, 0) is 0 Å². The van der Waals surface area contributed by atoms with Crippen LogP contribution in [0.1, 0.15) is 25.3 Å². The summed E-state index contributed by atoms with van der Waals surface area (Å²) >= 11 is 3.34. The molecule has 17 heavy (non-hydrogen) atoms. The molecule has 0 amide bonds. The molecular weight excluding hydrogens is 283 g/mol. The van der Waals surface area contributed by atoms with Gasteiger partial charge in [0.25, 0.3) is 0 Å². The Morgan fingerprint density at radius 3 is 2.59 bits per heavy atom. The Balaban J connectivity index is 2.78. The minimum absolute atomic E-state index is 0.252. The molecule has 0 fully saturated rings. The van der Waals surface area contributed by atoms with Gasteiger partial charge in [-0.05, 0) is 45.6 Å². The van der Waals surface area contributed by atoms with E-state index in [1.54, 1.807) is 0 Å². The lowest BCUT2D eigenvalue weighted by atomic mass is 10.0. The summed E-state index contributed by atoms with van der Waals surface area (Å²) in [4.78, 5) is 4.53. The molecule has 2 aromatic rings. The van der Waals surface area contributed by atoms with Crippen molar-refractivity contribution in [2.24, 2.45) is 0 Å². The van der Waals surface area contributed by atoms with Crippen molar-refractivity contribution in [2.75, 3.05) is 12.4 Å². The van der Waals surface area contributed by atoms with E-state index in [1.807, 2.05) is 13.1 Å². The molecule has 0 saturated carbocycles.